The Kier molecular flexibility index (Phi) is 4.48. The summed E-state index contributed by atoms with van der Waals surface area (Å²) in [6, 6.07) is 12.9. The van der Waals surface area contributed by atoms with Gasteiger partial charge in [0, 0.05) is 18.7 Å². The van der Waals surface area contributed by atoms with E-state index in [0.717, 1.165) is 18.7 Å². The molecule has 0 unspecified atom stereocenters. The van der Waals surface area contributed by atoms with Crippen LogP contribution in [0.3, 0.4) is 0 Å². The van der Waals surface area contributed by atoms with Crippen LogP contribution < -0.4 is 0 Å². The van der Waals surface area contributed by atoms with Crippen molar-refractivity contribution in [2.45, 2.75) is 9.79 Å². The summed E-state index contributed by atoms with van der Waals surface area (Å²) in [4.78, 5) is 12.9. The van der Waals surface area contributed by atoms with Gasteiger partial charge >= 0.3 is 5.97 Å². The minimum atomic E-state index is -0.917. The largest absolute Gasteiger partial charge is 0.478 e. The molecule has 5 heteroatoms. The number of aromatic carboxylic acids is 1. The molecule has 2 aromatic rings. The number of hydrogen-bond acceptors (Lipinski definition) is 2. The molecule has 0 spiro atoms. The first kappa shape index (κ1) is 13.6. The van der Waals surface area contributed by atoms with E-state index in [2.05, 4.69) is 31.9 Å². The second kappa shape index (κ2) is 5.91. The fourth-order valence-corrected chi connectivity index (χ4v) is 3.52. The third-order valence-corrected chi connectivity index (χ3v) is 4.23. The van der Waals surface area contributed by atoms with Crippen molar-refractivity contribution in [2.24, 2.45) is 0 Å². The molecular formula is C13H8Br2O2S. The molecule has 0 atom stereocenters. The lowest BCUT2D eigenvalue weighted by atomic mass is 10.2. The van der Waals surface area contributed by atoms with Gasteiger partial charge in [0.2, 0.25) is 0 Å². The van der Waals surface area contributed by atoms with Crippen molar-refractivity contribution in [1.82, 2.24) is 0 Å². The zero-order valence-corrected chi connectivity index (χ0v) is 13.0. The van der Waals surface area contributed by atoms with Crippen LogP contribution in [-0.2, 0) is 0 Å². The molecule has 0 bridgehead atoms. The molecule has 0 saturated heterocycles. The quantitative estimate of drug-likeness (QED) is 0.799. The maximum atomic E-state index is 11.2. The monoisotopic (exact) mass is 386 g/mol. The molecule has 1 N–H and O–H groups in total. The molecule has 18 heavy (non-hydrogen) atoms. The van der Waals surface area contributed by atoms with E-state index in [1.165, 1.54) is 11.8 Å². The van der Waals surface area contributed by atoms with E-state index >= 15 is 0 Å². The van der Waals surface area contributed by atoms with Gasteiger partial charge in [0.05, 0.1) is 5.56 Å². The lowest BCUT2D eigenvalue weighted by molar-refractivity contribution is 0.0693. The molecule has 0 radical (unpaired) electrons. The summed E-state index contributed by atoms with van der Waals surface area (Å²) < 4.78 is 1.84. The van der Waals surface area contributed by atoms with Crippen molar-refractivity contribution in [1.29, 1.82) is 0 Å². The van der Waals surface area contributed by atoms with Crippen molar-refractivity contribution in [3.05, 3.63) is 57.0 Å². The SMILES string of the molecule is O=C(O)c1ccc(Br)cc1Sc1cccc(Br)c1. The number of carboxylic acid groups (broad SMARTS) is 1. The van der Waals surface area contributed by atoms with Crippen LogP contribution in [-0.4, -0.2) is 11.1 Å². The predicted molar refractivity (Wildman–Crippen MR) is 79.4 cm³/mol. The van der Waals surface area contributed by atoms with Crippen molar-refractivity contribution >= 4 is 49.6 Å². The summed E-state index contributed by atoms with van der Waals surface area (Å²) in [7, 11) is 0. The molecular weight excluding hydrogens is 380 g/mol. The number of carbonyl (C=O) groups is 1. The van der Waals surface area contributed by atoms with Crippen molar-refractivity contribution in [3.8, 4) is 0 Å². The first-order valence-corrected chi connectivity index (χ1v) is 7.43. The molecule has 0 fully saturated rings. The van der Waals surface area contributed by atoms with E-state index in [9.17, 15) is 4.79 Å². The van der Waals surface area contributed by atoms with E-state index < -0.39 is 5.97 Å². The van der Waals surface area contributed by atoms with Gasteiger partial charge in [-0.2, -0.15) is 0 Å². The summed E-state index contributed by atoms with van der Waals surface area (Å²) in [5.41, 5.74) is 0.308. The van der Waals surface area contributed by atoms with Crippen molar-refractivity contribution < 1.29 is 9.90 Å². The fourth-order valence-electron chi connectivity index (χ4n) is 1.41. The van der Waals surface area contributed by atoms with E-state index in [4.69, 9.17) is 5.11 Å². The predicted octanol–water partition coefficient (Wildman–Crippen LogP) is 5.06. The number of carboxylic acids is 1. The molecule has 0 saturated carbocycles. The van der Waals surface area contributed by atoms with Gasteiger partial charge in [0.15, 0.2) is 0 Å². The van der Waals surface area contributed by atoms with Crippen LogP contribution in [0.4, 0.5) is 0 Å². The summed E-state index contributed by atoms with van der Waals surface area (Å²) >= 11 is 8.19. The van der Waals surface area contributed by atoms with Crippen molar-refractivity contribution in [2.75, 3.05) is 0 Å². The molecule has 0 aliphatic carbocycles. The lowest BCUT2D eigenvalue weighted by Crippen LogP contribution is -1.98. The maximum absolute atomic E-state index is 11.2. The molecule has 0 heterocycles. The molecule has 0 aliphatic rings. The topological polar surface area (TPSA) is 37.3 Å². The number of rotatable bonds is 3. The molecule has 2 aromatic carbocycles. The average molecular weight is 388 g/mol. The molecule has 2 nitrogen and oxygen atoms in total. The molecule has 2 rings (SSSR count). The number of hydrogen-bond donors (Lipinski definition) is 1. The second-order valence-electron chi connectivity index (χ2n) is 3.51. The zero-order valence-electron chi connectivity index (χ0n) is 9.06. The average Bonchev–Trinajstić information content (AvgIpc) is 2.28. The van der Waals surface area contributed by atoms with Crippen LogP contribution in [0, 0.1) is 0 Å². The highest BCUT2D eigenvalue weighted by Crippen LogP contribution is 2.33. The second-order valence-corrected chi connectivity index (χ2v) is 6.45. The Bertz CT molecular complexity index is 599. The molecule has 0 aromatic heterocycles. The van der Waals surface area contributed by atoms with Crippen LogP contribution in [0.2, 0.25) is 0 Å². The minimum Gasteiger partial charge on any atom is -0.478 e. The van der Waals surface area contributed by atoms with E-state index in [1.54, 1.807) is 12.1 Å². The minimum absolute atomic E-state index is 0.308. The van der Waals surface area contributed by atoms with E-state index in [-0.39, 0.29) is 0 Å². The first-order chi connectivity index (χ1) is 8.56. The van der Waals surface area contributed by atoms with Gasteiger partial charge in [0.1, 0.15) is 0 Å². The van der Waals surface area contributed by atoms with Crippen LogP contribution >= 0.6 is 43.6 Å². The number of benzene rings is 2. The smallest absolute Gasteiger partial charge is 0.336 e. The van der Waals surface area contributed by atoms with Crippen LogP contribution in [0.25, 0.3) is 0 Å². The molecule has 92 valence electrons. The Hall–Kier alpha value is -0.780. The Labute approximate surface area is 126 Å². The highest BCUT2D eigenvalue weighted by atomic mass is 79.9. The fraction of sp³-hybridized carbons (Fsp3) is 0. The normalized spacial score (nSPS) is 10.3. The summed E-state index contributed by atoms with van der Waals surface area (Å²) in [5.74, 6) is -0.917. The Balaban J connectivity index is 2.39. The van der Waals surface area contributed by atoms with Gasteiger partial charge in [-0.05, 0) is 36.4 Å². The zero-order chi connectivity index (χ0) is 13.1. The highest BCUT2D eigenvalue weighted by molar-refractivity contribution is 9.10. The maximum Gasteiger partial charge on any atom is 0.336 e. The van der Waals surface area contributed by atoms with Gasteiger partial charge in [-0.15, -0.1) is 0 Å². The van der Waals surface area contributed by atoms with Gasteiger partial charge in [-0.25, -0.2) is 4.79 Å². The van der Waals surface area contributed by atoms with Crippen LogP contribution in [0.1, 0.15) is 10.4 Å². The van der Waals surface area contributed by atoms with Gasteiger partial charge < -0.3 is 5.11 Å². The summed E-state index contributed by atoms with van der Waals surface area (Å²) in [6.45, 7) is 0. The summed E-state index contributed by atoms with van der Waals surface area (Å²) in [6.07, 6.45) is 0. The van der Waals surface area contributed by atoms with Crippen molar-refractivity contribution in [3.63, 3.8) is 0 Å². The van der Waals surface area contributed by atoms with Gasteiger partial charge in [-0.1, -0.05) is 49.7 Å². The third kappa shape index (κ3) is 3.37. The number of halogens is 2. The van der Waals surface area contributed by atoms with Gasteiger partial charge in [0.25, 0.3) is 0 Å². The molecule has 0 aliphatic heterocycles. The highest BCUT2D eigenvalue weighted by Gasteiger charge is 2.11. The first-order valence-electron chi connectivity index (χ1n) is 5.02. The third-order valence-electron chi connectivity index (χ3n) is 2.20. The lowest BCUT2D eigenvalue weighted by Gasteiger charge is -2.06. The summed E-state index contributed by atoms with van der Waals surface area (Å²) in [5, 5.41) is 9.15. The Morgan fingerprint density at radius 3 is 2.44 bits per heavy atom. The van der Waals surface area contributed by atoms with Crippen LogP contribution in [0.15, 0.2) is 61.2 Å². The standard InChI is InChI=1S/C13H8Br2O2S/c14-8-2-1-3-10(6-8)18-12-7-9(15)4-5-11(12)13(16)17/h1-7H,(H,16,17). The Morgan fingerprint density at radius 2 is 1.78 bits per heavy atom. The van der Waals surface area contributed by atoms with Gasteiger partial charge in [-0.3, -0.25) is 0 Å². The van der Waals surface area contributed by atoms with E-state index in [1.807, 2.05) is 30.3 Å². The Morgan fingerprint density at radius 1 is 1.06 bits per heavy atom. The van der Waals surface area contributed by atoms with E-state index in [0.29, 0.717) is 5.56 Å². The van der Waals surface area contributed by atoms with Crippen LogP contribution in [0.5, 0.6) is 0 Å². The molecule has 0 amide bonds.